The number of ketones is 1. The van der Waals surface area contributed by atoms with E-state index in [4.69, 9.17) is 4.74 Å². The third kappa shape index (κ3) is 5.62. The maximum absolute atomic E-state index is 12.1. The number of rotatable bonds is 11. The Balaban J connectivity index is 1.51. The SMILES string of the molecule is CCCCCCCCCCC1OC1C(=O)c1ccccc1. The zero-order valence-corrected chi connectivity index (χ0v) is 13.2. The van der Waals surface area contributed by atoms with Crippen molar-refractivity contribution in [2.75, 3.05) is 0 Å². The van der Waals surface area contributed by atoms with E-state index in [9.17, 15) is 4.79 Å². The predicted molar refractivity (Wildman–Crippen MR) is 86.7 cm³/mol. The molecule has 2 atom stereocenters. The Morgan fingerprint density at radius 1 is 0.952 bits per heavy atom. The zero-order valence-electron chi connectivity index (χ0n) is 13.2. The van der Waals surface area contributed by atoms with E-state index in [0.717, 1.165) is 12.0 Å². The van der Waals surface area contributed by atoms with E-state index in [1.165, 1.54) is 51.4 Å². The van der Waals surface area contributed by atoms with Crippen LogP contribution in [0.4, 0.5) is 0 Å². The molecule has 1 aliphatic rings. The number of Topliss-reactive ketones (excluding diaryl/α,β-unsaturated/α-hetero) is 1. The van der Waals surface area contributed by atoms with Crippen LogP contribution < -0.4 is 0 Å². The molecule has 1 heterocycles. The predicted octanol–water partition coefficient (Wildman–Crippen LogP) is 5.17. The van der Waals surface area contributed by atoms with Gasteiger partial charge in [-0.25, -0.2) is 0 Å². The Morgan fingerprint density at radius 2 is 1.57 bits per heavy atom. The second-order valence-electron chi connectivity index (χ2n) is 6.09. The normalized spacial score (nSPS) is 20.4. The molecule has 2 rings (SSSR count). The first-order valence-electron chi connectivity index (χ1n) is 8.57. The Morgan fingerprint density at radius 3 is 2.24 bits per heavy atom. The lowest BCUT2D eigenvalue weighted by Gasteiger charge is -2.00. The number of hydrogen-bond acceptors (Lipinski definition) is 2. The molecular formula is C19H28O2. The van der Waals surface area contributed by atoms with Gasteiger partial charge >= 0.3 is 0 Å². The van der Waals surface area contributed by atoms with E-state index in [1.54, 1.807) is 0 Å². The lowest BCUT2D eigenvalue weighted by atomic mass is 10.0. The van der Waals surface area contributed by atoms with Crippen LogP contribution in [-0.4, -0.2) is 18.0 Å². The maximum Gasteiger partial charge on any atom is 0.194 e. The van der Waals surface area contributed by atoms with Gasteiger partial charge in [-0.05, 0) is 6.42 Å². The molecule has 0 amide bonds. The number of carbonyl (C=O) groups is 1. The molecule has 0 aromatic heterocycles. The molecule has 2 nitrogen and oxygen atoms in total. The molecule has 1 saturated heterocycles. The van der Waals surface area contributed by atoms with Crippen LogP contribution in [0.3, 0.4) is 0 Å². The highest BCUT2D eigenvalue weighted by atomic mass is 16.6. The Bertz CT molecular complexity index is 413. The molecule has 0 saturated carbocycles. The molecule has 0 radical (unpaired) electrons. The van der Waals surface area contributed by atoms with Crippen LogP contribution >= 0.6 is 0 Å². The van der Waals surface area contributed by atoms with Gasteiger partial charge in [0.05, 0.1) is 6.10 Å². The number of hydrogen-bond donors (Lipinski definition) is 0. The highest BCUT2D eigenvalue weighted by Crippen LogP contribution is 2.30. The average Bonchev–Trinajstić information content (AvgIpc) is 3.29. The van der Waals surface area contributed by atoms with Crippen molar-refractivity contribution in [2.24, 2.45) is 0 Å². The zero-order chi connectivity index (χ0) is 14.9. The van der Waals surface area contributed by atoms with Crippen LogP contribution in [0.5, 0.6) is 0 Å². The first-order chi connectivity index (χ1) is 10.3. The fourth-order valence-electron chi connectivity index (χ4n) is 2.84. The Hall–Kier alpha value is -1.15. The van der Waals surface area contributed by atoms with E-state index in [1.807, 2.05) is 30.3 Å². The van der Waals surface area contributed by atoms with Gasteiger partial charge in [0.15, 0.2) is 5.78 Å². The first-order valence-corrected chi connectivity index (χ1v) is 8.57. The van der Waals surface area contributed by atoms with Crippen LogP contribution in [0.25, 0.3) is 0 Å². The van der Waals surface area contributed by atoms with E-state index in [2.05, 4.69) is 6.92 Å². The number of ether oxygens (including phenoxy) is 1. The fourth-order valence-corrected chi connectivity index (χ4v) is 2.84. The smallest absolute Gasteiger partial charge is 0.194 e. The summed E-state index contributed by atoms with van der Waals surface area (Å²) in [5, 5.41) is 0. The van der Waals surface area contributed by atoms with Crippen molar-refractivity contribution >= 4 is 5.78 Å². The highest BCUT2D eigenvalue weighted by Gasteiger charge is 2.44. The van der Waals surface area contributed by atoms with Crippen molar-refractivity contribution in [1.29, 1.82) is 0 Å². The molecule has 0 bridgehead atoms. The molecule has 1 aliphatic heterocycles. The van der Waals surface area contributed by atoms with Gasteiger partial charge < -0.3 is 4.74 Å². The van der Waals surface area contributed by atoms with Crippen LogP contribution in [0.15, 0.2) is 30.3 Å². The lowest BCUT2D eigenvalue weighted by Crippen LogP contribution is -2.10. The molecule has 116 valence electrons. The van der Waals surface area contributed by atoms with Gasteiger partial charge in [0.2, 0.25) is 0 Å². The summed E-state index contributed by atoms with van der Waals surface area (Å²) in [6, 6.07) is 9.49. The van der Waals surface area contributed by atoms with E-state index in [-0.39, 0.29) is 18.0 Å². The number of carbonyl (C=O) groups excluding carboxylic acids is 1. The molecule has 1 fully saturated rings. The van der Waals surface area contributed by atoms with Crippen molar-refractivity contribution < 1.29 is 9.53 Å². The maximum atomic E-state index is 12.1. The third-order valence-electron chi connectivity index (χ3n) is 4.24. The van der Waals surface area contributed by atoms with Crippen LogP contribution in [0.2, 0.25) is 0 Å². The van der Waals surface area contributed by atoms with Crippen molar-refractivity contribution in [3.05, 3.63) is 35.9 Å². The molecular weight excluding hydrogens is 260 g/mol. The van der Waals surface area contributed by atoms with Gasteiger partial charge in [-0.1, -0.05) is 88.6 Å². The van der Waals surface area contributed by atoms with E-state index >= 15 is 0 Å². The van der Waals surface area contributed by atoms with E-state index in [0.29, 0.717) is 0 Å². The summed E-state index contributed by atoms with van der Waals surface area (Å²) in [5.41, 5.74) is 0.779. The standard InChI is InChI=1S/C19H28O2/c1-2-3-4-5-6-7-8-12-15-17-19(21-17)18(20)16-13-10-9-11-14-16/h9-11,13-14,17,19H,2-8,12,15H2,1H3. The van der Waals surface area contributed by atoms with Crippen LogP contribution in [0, 0.1) is 0 Å². The summed E-state index contributed by atoms with van der Waals surface area (Å²) in [6.45, 7) is 2.25. The lowest BCUT2D eigenvalue weighted by molar-refractivity contribution is 0.0953. The average molecular weight is 288 g/mol. The Labute approximate surface area is 128 Å². The number of unbranched alkanes of at least 4 members (excludes halogenated alkanes) is 7. The summed E-state index contributed by atoms with van der Waals surface area (Å²) in [4.78, 5) is 12.1. The largest absolute Gasteiger partial charge is 0.361 e. The van der Waals surface area contributed by atoms with Crippen molar-refractivity contribution in [3.63, 3.8) is 0 Å². The monoisotopic (exact) mass is 288 g/mol. The van der Waals surface area contributed by atoms with Gasteiger partial charge in [0.25, 0.3) is 0 Å². The minimum Gasteiger partial charge on any atom is -0.361 e. The summed E-state index contributed by atoms with van der Waals surface area (Å²) in [5.74, 6) is 0.153. The highest BCUT2D eigenvalue weighted by molar-refractivity contribution is 6.01. The quantitative estimate of drug-likeness (QED) is 0.319. The van der Waals surface area contributed by atoms with Gasteiger partial charge in [0, 0.05) is 5.56 Å². The molecule has 21 heavy (non-hydrogen) atoms. The van der Waals surface area contributed by atoms with Gasteiger partial charge in [-0.15, -0.1) is 0 Å². The third-order valence-corrected chi connectivity index (χ3v) is 4.24. The van der Waals surface area contributed by atoms with Crippen molar-refractivity contribution in [3.8, 4) is 0 Å². The summed E-state index contributed by atoms with van der Waals surface area (Å²) < 4.78 is 5.54. The van der Waals surface area contributed by atoms with Crippen LogP contribution in [-0.2, 0) is 4.74 Å². The first kappa shape index (κ1) is 16.2. The molecule has 1 aromatic carbocycles. The topological polar surface area (TPSA) is 29.6 Å². The summed E-state index contributed by atoms with van der Waals surface area (Å²) in [7, 11) is 0. The number of epoxide rings is 1. The molecule has 1 aromatic rings. The van der Waals surface area contributed by atoms with Crippen molar-refractivity contribution in [2.45, 2.75) is 76.9 Å². The van der Waals surface area contributed by atoms with Gasteiger partial charge in [0.1, 0.15) is 6.10 Å². The van der Waals surface area contributed by atoms with E-state index < -0.39 is 0 Å². The molecule has 0 aliphatic carbocycles. The summed E-state index contributed by atoms with van der Waals surface area (Å²) in [6.07, 6.45) is 11.7. The summed E-state index contributed by atoms with van der Waals surface area (Å²) >= 11 is 0. The number of benzene rings is 1. The van der Waals surface area contributed by atoms with Crippen LogP contribution in [0.1, 0.15) is 75.1 Å². The molecule has 0 N–H and O–H groups in total. The molecule has 2 unspecified atom stereocenters. The van der Waals surface area contributed by atoms with Gasteiger partial charge in [-0.2, -0.15) is 0 Å². The minimum atomic E-state index is -0.169. The fraction of sp³-hybridized carbons (Fsp3) is 0.632. The van der Waals surface area contributed by atoms with Gasteiger partial charge in [-0.3, -0.25) is 4.79 Å². The second kappa shape index (κ2) is 8.99. The minimum absolute atomic E-state index is 0.153. The van der Waals surface area contributed by atoms with Crippen molar-refractivity contribution in [1.82, 2.24) is 0 Å². The molecule has 2 heteroatoms. The Kier molecular flexibility index (Phi) is 6.94. The second-order valence-corrected chi connectivity index (χ2v) is 6.09. The molecule has 0 spiro atoms.